The Morgan fingerprint density at radius 1 is 1.38 bits per heavy atom. The topological polar surface area (TPSA) is 92.5 Å². The number of aliphatic hydroxyl groups is 1. The van der Waals surface area contributed by atoms with Gasteiger partial charge >= 0.3 is 0 Å². The SMILES string of the molecule is O=C(NCCC(O)c1ccsc1)c1ccccc1[N+](=O)[O-]. The molecule has 2 N–H and O–H groups in total. The van der Waals surface area contributed by atoms with Crippen molar-refractivity contribution in [3.8, 4) is 0 Å². The molecule has 0 spiro atoms. The lowest BCUT2D eigenvalue weighted by Crippen LogP contribution is -2.26. The molecule has 1 heterocycles. The molecule has 0 aliphatic heterocycles. The van der Waals surface area contributed by atoms with Crippen LogP contribution >= 0.6 is 11.3 Å². The van der Waals surface area contributed by atoms with Gasteiger partial charge in [-0.25, -0.2) is 0 Å². The molecule has 0 saturated carbocycles. The second-order valence-electron chi connectivity index (χ2n) is 4.39. The molecule has 1 unspecified atom stereocenters. The smallest absolute Gasteiger partial charge is 0.282 e. The van der Waals surface area contributed by atoms with E-state index in [-0.39, 0.29) is 17.8 Å². The summed E-state index contributed by atoms with van der Waals surface area (Å²) >= 11 is 1.49. The predicted molar refractivity (Wildman–Crippen MR) is 79.3 cm³/mol. The molecule has 0 aliphatic carbocycles. The van der Waals surface area contributed by atoms with Crippen LogP contribution in [-0.4, -0.2) is 22.5 Å². The average Bonchev–Trinajstić information content (AvgIpc) is 3.01. The van der Waals surface area contributed by atoms with Gasteiger partial charge in [-0.1, -0.05) is 12.1 Å². The Balaban J connectivity index is 1.92. The maximum absolute atomic E-state index is 11.9. The van der Waals surface area contributed by atoms with Crippen molar-refractivity contribution in [2.45, 2.75) is 12.5 Å². The third-order valence-electron chi connectivity index (χ3n) is 2.98. The van der Waals surface area contributed by atoms with Gasteiger partial charge in [0.1, 0.15) is 5.56 Å². The minimum absolute atomic E-state index is 0.0209. The molecule has 0 radical (unpaired) electrons. The Morgan fingerprint density at radius 3 is 2.81 bits per heavy atom. The molecule has 6 nitrogen and oxygen atoms in total. The fourth-order valence-electron chi connectivity index (χ4n) is 1.87. The van der Waals surface area contributed by atoms with Crippen molar-refractivity contribution in [1.82, 2.24) is 5.32 Å². The summed E-state index contributed by atoms with van der Waals surface area (Å²) in [6.07, 6.45) is -0.300. The van der Waals surface area contributed by atoms with Gasteiger partial charge in [0.25, 0.3) is 11.6 Å². The van der Waals surface area contributed by atoms with Crippen LogP contribution in [0.5, 0.6) is 0 Å². The van der Waals surface area contributed by atoms with Crippen LogP contribution < -0.4 is 5.32 Å². The summed E-state index contributed by atoms with van der Waals surface area (Å²) in [5.74, 6) is -0.514. The minimum Gasteiger partial charge on any atom is -0.388 e. The van der Waals surface area contributed by atoms with Crippen molar-refractivity contribution < 1.29 is 14.8 Å². The number of para-hydroxylation sites is 1. The van der Waals surface area contributed by atoms with Crippen LogP contribution in [0.25, 0.3) is 0 Å². The third-order valence-corrected chi connectivity index (χ3v) is 3.68. The molecule has 110 valence electrons. The summed E-state index contributed by atoms with van der Waals surface area (Å²) in [7, 11) is 0. The van der Waals surface area contributed by atoms with E-state index in [1.807, 2.05) is 16.8 Å². The highest BCUT2D eigenvalue weighted by Gasteiger charge is 2.19. The number of carbonyl (C=O) groups is 1. The number of hydrogen-bond acceptors (Lipinski definition) is 5. The first kappa shape index (κ1) is 15.1. The molecule has 1 aromatic heterocycles. The van der Waals surface area contributed by atoms with Gasteiger partial charge in [-0.3, -0.25) is 14.9 Å². The Bertz CT molecular complexity index is 628. The lowest BCUT2D eigenvalue weighted by Gasteiger charge is -2.10. The first-order valence-corrected chi connectivity index (χ1v) is 7.25. The van der Waals surface area contributed by atoms with Gasteiger partial charge in [-0.2, -0.15) is 11.3 Å². The second-order valence-corrected chi connectivity index (χ2v) is 5.17. The zero-order valence-corrected chi connectivity index (χ0v) is 11.9. The highest BCUT2D eigenvalue weighted by atomic mass is 32.1. The zero-order valence-electron chi connectivity index (χ0n) is 11.1. The van der Waals surface area contributed by atoms with Crippen LogP contribution in [0.3, 0.4) is 0 Å². The van der Waals surface area contributed by atoms with Crippen LogP contribution in [0.15, 0.2) is 41.1 Å². The summed E-state index contributed by atoms with van der Waals surface area (Å²) in [5, 5.41) is 27.0. The van der Waals surface area contributed by atoms with E-state index in [9.17, 15) is 20.0 Å². The average molecular weight is 306 g/mol. The normalized spacial score (nSPS) is 11.9. The van der Waals surface area contributed by atoms with E-state index in [4.69, 9.17) is 0 Å². The van der Waals surface area contributed by atoms with Crippen molar-refractivity contribution in [2.24, 2.45) is 0 Å². The first-order chi connectivity index (χ1) is 10.1. The molecule has 0 bridgehead atoms. The van der Waals surface area contributed by atoms with Gasteiger partial charge in [-0.15, -0.1) is 0 Å². The van der Waals surface area contributed by atoms with E-state index in [1.165, 1.54) is 29.5 Å². The Morgan fingerprint density at radius 2 is 2.14 bits per heavy atom. The molecule has 1 aromatic carbocycles. The molecular formula is C14H14N2O4S. The van der Waals surface area contributed by atoms with Crippen molar-refractivity contribution in [3.05, 3.63) is 62.3 Å². The number of amides is 1. The minimum atomic E-state index is -0.651. The number of hydrogen-bond donors (Lipinski definition) is 2. The summed E-state index contributed by atoms with van der Waals surface area (Å²) in [6, 6.07) is 7.59. The molecule has 2 aromatic rings. The van der Waals surface area contributed by atoms with E-state index in [0.29, 0.717) is 6.42 Å². The molecule has 2 rings (SSSR count). The quantitative estimate of drug-likeness (QED) is 0.633. The number of nitro groups is 1. The van der Waals surface area contributed by atoms with E-state index in [2.05, 4.69) is 5.32 Å². The summed E-state index contributed by atoms with van der Waals surface area (Å²) in [6.45, 7) is 0.238. The molecule has 1 amide bonds. The molecule has 0 saturated heterocycles. The van der Waals surface area contributed by atoms with Crippen molar-refractivity contribution in [2.75, 3.05) is 6.54 Å². The van der Waals surface area contributed by atoms with Gasteiger partial charge < -0.3 is 10.4 Å². The van der Waals surface area contributed by atoms with Crippen molar-refractivity contribution >= 4 is 22.9 Å². The van der Waals surface area contributed by atoms with Gasteiger partial charge in [0.05, 0.1) is 11.0 Å². The van der Waals surface area contributed by atoms with Crippen molar-refractivity contribution in [1.29, 1.82) is 0 Å². The maximum atomic E-state index is 11.9. The Hall–Kier alpha value is -2.25. The fourth-order valence-corrected chi connectivity index (χ4v) is 2.58. The summed E-state index contributed by atoms with van der Waals surface area (Å²) in [4.78, 5) is 22.2. The largest absolute Gasteiger partial charge is 0.388 e. The molecule has 7 heteroatoms. The molecule has 0 fully saturated rings. The molecule has 21 heavy (non-hydrogen) atoms. The van der Waals surface area contributed by atoms with E-state index in [0.717, 1.165) is 5.56 Å². The summed E-state index contributed by atoms with van der Waals surface area (Å²) in [5.41, 5.74) is 0.598. The lowest BCUT2D eigenvalue weighted by molar-refractivity contribution is -0.385. The number of nitrogens with zero attached hydrogens (tertiary/aromatic N) is 1. The van der Waals surface area contributed by atoms with Crippen LogP contribution in [-0.2, 0) is 0 Å². The number of nitro benzene ring substituents is 1. The number of nitrogens with one attached hydrogen (secondary N) is 1. The Labute approximate surface area is 125 Å². The predicted octanol–water partition coefficient (Wildman–Crippen LogP) is 2.51. The van der Waals surface area contributed by atoms with Crippen LogP contribution in [0.2, 0.25) is 0 Å². The monoisotopic (exact) mass is 306 g/mol. The lowest BCUT2D eigenvalue weighted by atomic mass is 10.1. The van der Waals surface area contributed by atoms with Gasteiger partial charge in [0.2, 0.25) is 0 Å². The number of carbonyl (C=O) groups excluding carboxylic acids is 1. The van der Waals surface area contributed by atoms with E-state index >= 15 is 0 Å². The molecule has 0 aliphatic rings. The Kier molecular flexibility index (Phi) is 5.02. The first-order valence-electron chi connectivity index (χ1n) is 6.31. The highest BCUT2D eigenvalue weighted by Crippen LogP contribution is 2.19. The number of aliphatic hydroxyl groups excluding tert-OH is 1. The van der Waals surface area contributed by atoms with Gasteiger partial charge in [0.15, 0.2) is 0 Å². The van der Waals surface area contributed by atoms with Crippen LogP contribution in [0, 0.1) is 10.1 Å². The van der Waals surface area contributed by atoms with Crippen LogP contribution in [0.1, 0.15) is 28.4 Å². The maximum Gasteiger partial charge on any atom is 0.282 e. The van der Waals surface area contributed by atoms with E-state index < -0.39 is 16.9 Å². The molecular weight excluding hydrogens is 292 g/mol. The third kappa shape index (κ3) is 3.87. The van der Waals surface area contributed by atoms with Gasteiger partial charge in [-0.05, 0) is 34.9 Å². The highest BCUT2D eigenvalue weighted by molar-refractivity contribution is 7.07. The standard InChI is InChI=1S/C14H14N2O4S/c17-13(10-6-8-21-9-10)5-7-15-14(18)11-3-1-2-4-12(11)16(19)20/h1-4,6,8-9,13,17H,5,7H2,(H,15,18). The number of benzene rings is 1. The van der Waals surface area contributed by atoms with Gasteiger partial charge in [0, 0.05) is 12.6 Å². The van der Waals surface area contributed by atoms with E-state index in [1.54, 1.807) is 6.07 Å². The number of thiophene rings is 1. The summed E-state index contributed by atoms with van der Waals surface area (Å²) < 4.78 is 0. The second kappa shape index (κ2) is 6.96. The fraction of sp³-hybridized carbons (Fsp3) is 0.214. The van der Waals surface area contributed by atoms with Crippen molar-refractivity contribution in [3.63, 3.8) is 0 Å². The molecule has 1 atom stereocenters. The van der Waals surface area contributed by atoms with Crippen LogP contribution in [0.4, 0.5) is 5.69 Å². The number of rotatable bonds is 6. The zero-order chi connectivity index (χ0) is 15.2.